The number of benzene rings is 1. The highest BCUT2D eigenvalue weighted by Crippen LogP contribution is 2.18. The maximum atomic E-state index is 12.1. The van der Waals surface area contributed by atoms with Crippen LogP contribution in [-0.2, 0) is 14.3 Å². The number of nitrogens with two attached hydrogens (primary N) is 1. The van der Waals surface area contributed by atoms with Crippen molar-refractivity contribution in [1.82, 2.24) is 9.80 Å². The van der Waals surface area contributed by atoms with Crippen molar-refractivity contribution >= 4 is 35.1 Å². The predicted molar refractivity (Wildman–Crippen MR) is 85.0 cm³/mol. The van der Waals surface area contributed by atoms with Crippen molar-refractivity contribution in [3.05, 3.63) is 28.8 Å². The first-order chi connectivity index (χ1) is 10.9. The number of halogens is 1. The van der Waals surface area contributed by atoms with Gasteiger partial charge in [-0.3, -0.25) is 9.59 Å². The minimum Gasteiger partial charge on any atom is -0.452 e. The molecule has 23 heavy (non-hydrogen) atoms. The molecule has 1 aliphatic heterocycles. The lowest BCUT2D eigenvalue weighted by Crippen LogP contribution is -2.51. The van der Waals surface area contributed by atoms with E-state index in [4.69, 9.17) is 22.1 Å². The van der Waals surface area contributed by atoms with Gasteiger partial charge in [0.25, 0.3) is 5.91 Å². The number of ether oxygens (including phenoxy) is 1. The quantitative estimate of drug-likeness (QED) is 0.648. The number of amides is 2. The molecule has 8 heteroatoms. The van der Waals surface area contributed by atoms with E-state index >= 15 is 0 Å². The third kappa shape index (κ3) is 4.35. The fourth-order valence-corrected chi connectivity index (χ4v) is 2.44. The third-order valence-corrected chi connectivity index (χ3v) is 3.87. The summed E-state index contributed by atoms with van der Waals surface area (Å²) in [6.07, 6.45) is 0. The molecule has 1 fully saturated rings. The molecule has 0 bridgehead atoms. The molecule has 0 aromatic heterocycles. The summed E-state index contributed by atoms with van der Waals surface area (Å²) in [5.41, 5.74) is 6.06. The van der Waals surface area contributed by atoms with Crippen LogP contribution in [-0.4, -0.2) is 60.4 Å². The minimum absolute atomic E-state index is 0.0139. The van der Waals surface area contributed by atoms with Gasteiger partial charge in [-0.1, -0.05) is 11.6 Å². The summed E-state index contributed by atoms with van der Waals surface area (Å²) in [5, 5.41) is 0.359. The monoisotopic (exact) mass is 339 g/mol. The van der Waals surface area contributed by atoms with Gasteiger partial charge in [0.2, 0.25) is 5.91 Å². The van der Waals surface area contributed by atoms with E-state index in [0.717, 1.165) is 0 Å². The second-order valence-corrected chi connectivity index (χ2v) is 5.63. The highest BCUT2D eigenvalue weighted by Gasteiger charge is 2.23. The van der Waals surface area contributed by atoms with Crippen LogP contribution in [0.15, 0.2) is 18.2 Å². The van der Waals surface area contributed by atoms with Crippen LogP contribution in [0.3, 0.4) is 0 Å². The molecule has 124 valence electrons. The molecule has 0 atom stereocenters. The van der Waals surface area contributed by atoms with Gasteiger partial charge in [0.05, 0.1) is 5.56 Å². The molecule has 1 saturated heterocycles. The summed E-state index contributed by atoms with van der Waals surface area (Å²) in [5.74, 6) is -1.01. The minimum atomic E-state index is -0.694. The Hall–Kier alpha value is -2.28. The average Bonchev–Trinajstić information content (AvgIpc) is 2.54. The Bertz CT molecular complexity index is 627. The molecule has 1 aliphatic rings. The van der Waals surface area contributed by atoms with E-state index in [-0.39, 0.29) is 29.7 Å². The lowest BCUT2D eigenvalue weighted by molar-refractivity contribution is -0.140. The highest BCUT2D eigenvalue weighted by atomic mass is 35.5. The number of anilines is 1. The lowest BCUT2D eigenvalue weighted by Gasteiger charge is -2.34. The SMILES string of the molecule is CC(=O)N1CCN(C(=O)COC(=O)c2cc(Cl)ccc2N)CC1. The maximum Gasteiger partial charge on any atom is 0.340 e. The van der Waals surface area contributed by atoms with Crippen LogP contribution in [0.1, 0.15) is 17.3 Å². The van der Waals surface area contributed by atoms with Gasteiger partial charge >= 0.3 is 5.97 Å². The van der Waals surface area contributed by atoms with Crippen molar-refractivity contribution in [2.24, 2.45) is 0 Å². The molecule has 2 rings (SSSR count). The van der Waals surface area contributed by atoms with Crippen LogP contribution in [0.2, 0.25) is 5.02 Å². The van der Waals surface area contributed by atoms with E-state index in [1.165, 1.54) is 19.1 Å². The predicted octanol–water partition coefficient (Wildman–Crippen LogP) is 0.770. The van der Waals surface area contributed by atoms with Gasteiger partial charge in [0.1, 0.15) is 0 Å². The molecule has 0 saturated carbocycles. The van der Waals surface area contributed by atoms with E-state index in [0.29, 0.717) is 31.2 Å². The molecule has 0 unspecified atom stereocenters. The topological polar surface area (TPSA) is 92.9 Å². The first-order valence-corrected chi connectivity index (χ1v) is 7.51. The van der Waals surface area contributed by atoms with Gasteiger partial charge in [0, 0.05) is 43.8 Å². The maximum absolute atomic E-state index is 12.1. The smallest absolute Gasteiger partial charge is 0.340 e. The largest absolute Gasteiger partial charge is 0.452 e. The third-order valence-electron chi connectivity index (χ3n) is 3.64. The Morgan fingerprint density at radius 3 is 2.39 bits per heavy atom. The molecule has 1 aromatic rings. The number of hydrogen-bond donors (Lipinski definition) is 1. The Balaban J connectivity index is 1.86. The standard InChI is InChI=1S/C15H18ClN3O4/c1-10(20)18-4-6-19(7-5-18)14(21)9-23-15(22)12-8-11(16)2-3-13(12)17/h2-3,8H,4-7,9,17H2,1H3. The van der Waals surface area contributed by atoms with E-state index in [2.05, 4.69) is 0 Å². The highest BCUT2D eigenvalue weighted by molar-refractivity contribution is 6.31. The van der Waals surface area contributed by atoms with Crippen LogP contribution in [0, 0.1) is 0 Å². The zero-order valence-corrected chi connectivity index (χ0v) is 13.5. The van der Waals surface area contributed by atoms with Gasteiger partial charge in [-0.2, -0.15) is 0 Å². The van der Waals surface area contributed by atoms with Crippen molar-refractivity contribution in [1.29, 1.82) is 0 Å². The normalized spacial score (nSPS) is 14.5. The second kappa shape index (κ2) is 7.32. The van der Waals surface area contributed by atoms with Crippen LogP contribution in [0.5, 0.6) is 0 Å². The Morgan fingerprint density at radius 2 is 1.78 bits per heavy atom. The Labute approximate surface area is 138 Å². The average molecular weight is 340 g/mol. The van der Waals surface area contributed by atoms with Crippen LogP contribution >= 0.6 is 11.6 Å². The summed E-state index contributed by atoms with van der Waals surface area (Å²) in [6.45, 7) is 2.94. The zero-order valence-electron chi connectivity index (χ0n) is 12.8. The lowest BCUT2D eigenvalue weighted by atomic mass is 10.2. The molecule has 0 spiro atoms. The van der Waals surface area contributed by atoms with Crippen LogP contribution < -0.4 is 5.73 Å². The number of carbonyl (C=O) groups is 3. The van der Waals surface area contributed by atoms with Gasteiger partial charge in [-0.05, 0) is 18.2 Å². The molecule has 2 N–H and O–H groups in total. The first-order valence-electron chi connectivity index (χ1n) is 7.14. The Morgan fingerprint density at radius 1 is 1.17 bits per heavy atom. The van der Waals surface area contributed by atoms with E-state index in [9.17, 15) is 14.4 Å². The van der Waals surface area contributed by atoms with Crippen LogP contribution in [0.4, 0.5) is 5.69 Å². The van der Waals surface area contributed by atoms with Crippen molar-refractivity contribution in [3.63, 3.8) is 0 Å². The number of esters is 1. The van der Waals surface area contributed by atoms with E-state index < -0.39 is 5.97 Å². The van der Waals surface area contributed by atoms with Crippen molar-refractivity contribution in [2.45, 2.75) is 6.92 Å². The molecule has 7 nitrogen and oxygen atoms in total. The first kappa shape index (κ1) is 17.1. The fraction of sp³-hybridized carbons (Fsp3) is 0.400. The van der Waals surface area contributed by atoms with Crippen LogP contribution in [0.25, 0.3) is 0 Å². The zero-order chi connectivity index (χ0) is 17.0. The van der Waals surface area contributed by atoms with Gasteiger partial charge in [-0.25, -0.2) is 4.79 Å². The number of nitrogens with zero attached hydrogens (tertiary/aromatic N) is 2. The van der Waals surface area contributed by atoms with Crippen molar-refractivity contribution in [3.8, 4) is 0 Å². The number of nitrogen functional groups attached to an aromatic ring is 1. The molecule has 0 radical (unpaired) electrons. The summed E-state index contributed by atoms with van der Waals surface area (Å²) in [6, 6.07) is 4.46. The van der Waals surface area contributed by atoms with Gasteiger partial charge in [-0.15, -0.1) is 0 Å². The van der Waals surface area contributed by atoms with E-state index in [1.54, 1.807) is 15.9 Å². The van der Waals surface area contributed by atoms with Crippen molar-refractivity contribution < 1.29 is 19.1 Å². The number of carbonyl (C=O) groups excluding carboxylic acids is 3. The Kier molecular flexibility index (Phi) is 5.44. The van der Waals surface area contributed by atoms with Gasteiger partial charge in [0.15, 0.2) is 6.61 Å². The molecular weight excluding hydrogens is 322 g/mol. The summed E-state index contributed by atoms with van der Waals surface area (Å²) < 4.78 is 5.00. The number of rotatable bonds is 3. The molecule has 2 amide bonds. The summed E-state index contributed by atoms with van der Waals surface area (Å²) in [4.78, 5) is 38.5. The molecule has 0 aliphatic carbocycles. The van der Waals surface area contributed by atoms with Crippen molar-refractivity contribution in [2.75, 3.05) is 38.5 Å². The van der Waals surface area contributed by atoms with Gasteiger partial charge < -0.3 is 20.3 Å². The summed E-state index contributed by atoms with van der Waals surface area (Å²) in [7, 11) is 0. The van der Waals surface area contributed by atoms with E-state index in [1.807, 2.05) is 0 Å². The second-order valence-electron chi connectivity index (χ2n) is 5.19. The molecule has 1 heterocycles. The molecule has 1 aromatic carbocycles. The summed E-state index contributed by atoms with van der Waals surface area (Å²) >= 11 is 5.81. The number of piperazine rings is 1. The molecular formula is C15H18ClN3O4. The fourth-order valence-electron chi connectivity index (χ4n) is 2.27. The number of hydrogen-bond acceptors (Lipinski definition) is 5.